The Labute approximate surface area is 119 Å². The number of anilines is 1. The fraction of sp³-hybridized carbons (Fsp3) is 0.294. The van der Waals surface area contributed by atoms with Crippen LogP contribution in [-0.2, 0) is 6.54 Å². The van der Waals surface area contributed by atoms with Crippen molar-refractivity contribution >= 4 is 5.69 Å². The van der Waals surface area contributed by atoms with E-state index in [1.165, 1.54) is 11.6 Å². The van der Waals surface area contributed by atoms with Gasteiger partial charge in [-0.2, -0.15) is 0 Å². The van der Waals surface area contributed by atoms with Crippen LogP contribution in [0.25, 0.3) is 0 Å². The topological polar surface area (TPSA) is 23.5 Å². The molecule has 0 aliphatic carbocycles. The molecule has 3 heteroatoms. The summed E-state index contributed by atoms with van der Waals surface area (Å²) < 4.78 is 14.1. The summed E-state index contributed by atoms with van der Waals surface area (Å²) in [5.41, 5.74) is 3.38. The molecule has 2 rings (SSSR count). The van der Waals surface area contributed by atoms with E-state index in [2.05, 4.69) is 0 Å². The Morgan fingerprint density at radius 1 is 1.15 bits per heavy atom. The Balaban J connectivity index is 2.29. The van der Waals surface area contributed by atoms with Crippen molar-refractivity contribution in [3.63, 3.8) is 0 Å². The molecule has 0 aliphatic heterocycles. The molecule has 0 fully saturated rings. The molecular weight excluding hydrogens is 253 g/mol. The van der Waals surface area contributed by atoms with Gasteiger partial charge in [-0.1, -0.05) is 42.0 Å². The number of aliphatic hydroxyl groups is 1. The highest BCUT2D eigenvalue weighted by Gasteiger charge is 2.16. The van der Waals surface area contributed by atoms with Crippen LogP contribution in [0.1, 0.15) is 29.7 Å². The minimum absolute atomic E-state index is 0.307. The number of halogens is 1. The highest BCUT2D eigenvalue weighted by Crippen LogP contribution is 2.29. The summed E-state index contributed by atoms with van der Waals surface area (Å²) in [4.78, 5) is 1.84. The fourth-order valence-corrected chi connectivity index (χ4v) is 2.32. The third-order valence-electron chi connectivity index (χ3n) is 3.39. The maximum atomic E-state index is 14.1. The molecule has 0 saturated carbocycles. The van der Waals surface area contributed by atoms with Crippen LogP contribution in [0.5, 0.6) is 0 Å². The summed E-state index contributed by atoms with van der Waals surface area (Å²) in [5, 5.41) is 9.79. The molecule has 106 valence electrons. The van der Waals surface area contributed by atoms with Gasteiger partial charge in [-0.05, 0) is 25.5 Å². The minimum Gasteiger partial charge on any atom is -0.389 e. The van der Waals surface area contributed by atoms with Crippen LogP contribution >= 0.6 is 0 Å². The Kier molecular flexibility index (Phi) is 4.40. The maximum Gasteiger partial charge on any atom is 0.146 e. The molecule has 0 saturated heterocycles. The number of nitrogens with zero attached hydrogens (tertiary/aromatic N) is 1. The molecule has 2 nitrogen and oxygen atoms in total. The normalized spacial score (nSPS) is 12.2. The van der Waals surface area contributed by atoms with E-state index in [9.17, 15) is 9.50 Å². The van der Waals surface area contributed by atoms with Crippen molar-refractivity contribution in [2.45, 2.75) is 26.5 Å². The van der Waals surface area contributed by atoms with Crippen molar-refractivity contribution in [3.8, 4) is 0 Å². The molecule has 0 amide bonds. The molecule has 0 aliphatic rings. The van der Waals surface area contributed by atoms with E-state index in [-0.39, 0.29) is 5.82 Å². The predicted molar refractivity (Wildman–Crippen MR) is 80.3 cm³/mol. The van der Waals surface area contributed by atoms with Crippen LogP contribution in [0.3, 0.4) is 0 Å². The largest absolute Gasteiger partial charge is 0.389 e. The Morgan fingerprint density at radius 3 is 2.40 bits per heavy atom. The highest BCUT2D eigenvalue weighted by molar-refractivity contribution is 5.55. The Hall–Kier alpha value is -1.87. The fourth-order valence-electron chi connectivity index (χ4n) is 2.32. The molecule has 0 radical (unpaired) electrons. The second-order valence-electron chi connectivity index (χ2n) is 5.20. The van der Waals surface area contributed by atoms with E-state index in [0.717, 1.165) is 5.56 Å². The van der Waals surface area contributed by atoms with Gasteiger partial charge in [0.25, 0.3) is 0 Å². The lowest BCUT2D eigenvalue weighted by molar-refractivity contribution is 0.199. The Morgan fingerprint density at radius 2 is 1.80 bits per heavy atom. The van der Waals surface area contributed by atoms with Gasteiger partial charge in [0.2, 0.25) is 0 Å². The molecular formula is C17H20FNO. The summed E-state index contributed by atoms with van der Waals surface area (Å²) in [6, 6.07) is 13.0. The molecule has 0 unspecified atom stereocenters. The van der Waals surface area contributed by atoms with E-state index in [4.69, 9.17) is 0 Å². The minimum atomic E-state index is -0.693. The van der Waals surface area contributed by atoms with Gasteiger partial charge >= 0.3 is 0 Å². The molecule has 0 heterocycles. The van der Waals surface area contributed by atoms with Crippen LogP contribution in [-0.4, -0.2) is 12.2 Å². The molecule has 0 spiro atoms. The average Bonchev–Trinajstić information content (AvgIpc) is 2.40. The van der Waals surface area contributed by atoms with E-state index >= 15 is 0 Å². The third-order valence-corrected chi connectivity index (χ3v) is 3.39. The number of para-hydroxylation sites is 1. The second kappa shape index (κ2) is 6.06. The standard InChI is InChI=1S/C17H20FNO/c1-12-7-9-14(10-8-12)11-19(3)17-15(13(2)20)5-4-6-16(17)18/h4-10,13,20H,11H2,1-3H3/t13-/m0/s1. The van der Waals surface area contributed by atoms with Crippen LogP contribution in [0.15, 0.2) is 42.5 Å². The summed E-state index contributed by atoms with van der Waals surface area (Å²) in [5.74, 6) is -0.307. The molecule has 0 bridgehead atoms. The first-order valence-electron chi connectivity index (χ1n) is 6.72. The van der Waals surface area contributed by atoms with Crippen LogP contribution in [0, 0.1) is 12.7 Å². The number of aliphatic hydroxyl groups excluding tert-OH is 1. The van der Waals surface area contributed by atoms with Gasteiger partial charge in [-0.25, -0.2) is 4.39 Å². The number of aryl methyl sites for hydroxylation is 1. The van der Waals surface area contributed by atoms with Gasteiger partial charge < -0.3 is 10.0 Å². The van der Waals surface area contributed by atoms with E-state index in [1.807, 2.05) is 43.1 Å². The van der Waals surface area contributed by atoms with E-state index in [0.29, 0.717) is 17.8 Å². The van der Waals surface area contributed by atoms with Gasteiger partial charge in [0.15, 0.2) is 0 Å². The van der Waals surface area contributed by atoms with Crippen LogP contribution in [0.2, 0.25) is 0 Å². The lowest BCUT2D eigenvalue weighted by atomic mass is 10.1. The number of hydrogen-bond donors (Lipinski definition) is 1. The van der Waals surface area contributed by atoms with Gasteiger partial charge in [0, 0.05) is 19.2 Å². The third kappa shape index (κ3) is 3.17. The quantitative estimate of drug-likeness (QED) is 0.915. The first kappa shape index (κ1) is 14.5. The van der Waals surface area contributed by atoms with Gasteiger partial charge in [-0.3, -0.25) is 0 Å². The second-order valence-corrected chi connectivity index (χ2v) is 5.20. The lowest BCUT2D eigenvalue weighted by Gasteiger charge is -2.24. The first-order valence-corrected chi connectivity index (χ1v) is 6.72. The van der Waals surface area contributed by atoms with Gasteiger partial charge in [0.05, 0.1) is 11.8 Å². The summed E-state index contributed by atoms with van der Waals surface area (Å²) >= 11 is 0. The van der Waals surface area contributed by atoms with Crippen LogP contribution in [0.4, 0.5) is 10.1 Å². The zero-order valence-corrected chi connectivity index (χ0v) is 12.1. The lowest BCUT2D eigenvalue weighted by Crippen LogP contribution is -2.20. The highest BCUT2D eigenvalue weighted by atomic mass is 19.1. The molecule has 2 aromatic rings. The number of rotatable bonds is 4. The molecule has 0 aromatic heterocycles. The zero-order valence-electron chi connectivity index (χ0n) is 12.1. The maximum absolute atomic E-state index is 14.1. The number of benzene rings is 2. The van der Waals surface area contributed by atoms with Gasteiger partial charge in [-0.15, -0.1) is 0 Å². The summed E-state index contributed by atoms with van der Waals surface area (Å²) in [6.07, 6.45) is -0.693. The first-order chi connectivity index (χ1) is 9.49. The van der Waals surface area contributed by atoms with Crippen molar-refractivity contribution in [2.24, 2.45) is 0 Å². The zero-order chi connectivity index (χ0) is 14.7. The van der Waals surface area contributed by atoms with Crippen LogP contribution < -0.4 is 4.90 Å². The Bertz CT molecular complexity index is 578. The SMILES string of the molecule is Cc1ccc(CN(C)c2c(F)cccc2[C@H](C)O)cc1. The summed E-state index contributed by atoms with van der Waals surface area (Å²) in [6.45, 7) is 4.29. The van der Waals surface area contributed by atoms with Gasteiger partial charge in [0.1, 0.15) is 5.82 Å². The van der Waals surface area contributed by atoms with Crippen molar-refractivity contribution in [3.05, 3.63) is 65.0 Å². The van der Waals surface area contributed by atoms with E-state index < -0.39 is 6.10 Å². The monoisotopic (exact) mass is 273 g/mol. The van der Waals surface area contributed by atoms with Crippen molar-refractivity contribution in [1.29, 1.82) is 0 Å². The molecule has 2 aromatic carbocycles. The smallest absolute Gasteiger partial charge is 0.146 e. The van der Waals surface area contributed by atoms with Crippen molar-refractivity contribution < 1.29 is 9.50 Å². The van der Waals surface area contributed by atoms with Crippen molar-refractivity contribution in [2.75, 3.05) is 11.9 Å². The molecule has 1 atom stereocenters. The average molecular weight is 273 g/mol. The number of hydrogen-bond acceptors (Lipinski definition) is 2. The van der Waals surface area contributed by atoms with Crippen molar-refractivity contribution in [1.82, 2.24) is 0 Å². The van der Waals surface area contributed by atoms with E-state index in [1.54, 1.807) is 19.1 Å². The molecule has 20 heavy (non-hydrogen) atoms. The summed E-state index contributed by atoms with van der Waals surface area (Å²) in [7, 11) is 1.84. The predicted octanol–water partition coefficient (Wildman–Crippen LogP) is 3.82. The molecule has 1 N–H and O–H groups in total.